The third kappa shape index (κ3) is 2.92. The fourth-order valence-corrected chi connectivity index (χ4v) is 2.00. The van der Waals surface area contributed by atoms with E-state index in [-0.39, 0.29) is 11.3 Å². The summed E-state index contributed by atoms with van der Waals surface area (Å²) in [7, 11) is 1.17. The van der Waals surface area contributed by atoms with E-state index < -0.39 is 11.7 Å². The predicted molar refractivity (Wildman–Crippen MR) is 72.6 cm³/mol. The van der Waals surface area contributed by atoms with Crippen molar-refractivity contribution in [3.05, 3.63) is 47.5 Å². The number of hydrogen-bond acceptors (Lipinski definition) is 3. The Morgan fingerprint density at radius 3 is 2.43 bits per heavy atom. The Morgan fingerprint density at radius 2 is 1.86 bits per heavy atom. The number of ether oxygens (including phenoxy) is 1. The molecule has 2 aromatic carbocycles. The fraction of sp³-hybridized carbons (Fsp3) is 0.133. The molecule has 3 nitrogen and oxygen atoms in total. The summed E-state index contributed by atoms with van der Waals surface area (Å²) in [6.45, 7) is 0. The largest absolute Gasteiger partial charge is 0.496 e. The highest BCUT2D eigenvalue weighted by Gasteiger charge is 2.34. The molecule has 21 heavy (non-hydrogen) atoms. The van der Waals surface area contributed by atoms with Crippen molar-refractivity contribution in [2.75, 3.05) is 12.8 Å². The summed E-state index contributed by atoms with van der Waals surface area (Å²) in [5.74, 6) is -0.291. The number of benzene rings is 2. The molecule has 2 rings (SSSR count). The van der Waals surface area contributed by atoms with Crippen LogP contribution in [0.25, 0.3) is 11.1 Å². The Labute approximate surface area is 119 Å². The van der Waals surface area contributed by atoms with Crippen LogP contribution < -0.4 is 10.5 Å². The first-order valence-electron chi connectivity index (χ1n) is 5.92. The number of nitrogens with two attached hydrogens (primary N) is 1. The highest BCUT2D eigenvalue weighted by Crippen LogP contribution is 2.39. The monoisotopic (exact) mass is 292 g/mol. The van der Waals surface area contributed by atoms with E-state index in [1.807, 2.05) is 6.07 Å². The minimum atomic E-state index is -4.50. The summed E-state index contributed by atoms with van der Waals surface area (Å²) >= 11 is 0. The maximum Gasteiger partial charge on any atom is 0.419 e. The minimum absolute atomic E-state index is 0.289. The molecule has 0 radical (unpaired) electrons. The van der Waals surface area contributed by atoms with Gasteiger partial charge < -0.3 is 10.5 Å². The van der Waals surface area contributed by atoms with Crippen LogP contribution in [0.2, 0.25) is 0 Å². The first-order chi connectivity index (χ1) is 9.86. The van der Waals surface area contributed by atoms with Crippen molar-refractivity contribution < 1.29 is 17.9 Å². The molecule has 0 unspecified atom stereocenters. The average Bonchev–Trinajstić information content (AvgIpc) is 2.45. The summed E-state index contributed by atoms with van der Waals surface area (Å²) in [4.78, 5) is 0. The van der Waals surface area contributed by atoms with Crippen molar-refractivity contribution in [1.29, 1.82) is 5.26 Å². The molecule has 0 aromatic heterocycles. The average molecular weight is 292 g/mol. The lowest BCUT2D eigenvalue weighted by Gasteiger charge is -2.14. The number of anilines is 1. The Balaban J connectivity index is 2.60. The number of halogens is 3. The fourth-order valence-electron chi connectivity index (χ4n) is 2.00. The maximum atomic E-state index is 12.8. The number of nitriles is 1. The topological polar surface area (TPSA) is 59.0 Å². The Kier molecular flexibility index (Phi) is 3.76. The normalized spacial score (nSPS) is 11.0. The van der Waals surface area contributed by atoms with Gasteiger partial charge in [-0.05, 0) is 35.4 Å². The van der Waals surface area contributed by atoms with Crippen molar-refractivity contribution in [2.24, 2.45) is 0 Å². The van der Waals surface area contributed by atoms with Gasteiger partial charge in [0.15, 0.2) is 0 Å². The van der Waals surface area contributed by atoms with Crippen LogP contribution in [-0.4, -0.2) is 7.11 Å². The van der Waals surface area contributed by atoms with E-state index in [9.17, 15) is 13.2 Å². The van der Waals surface area contributed by atoms with Gasteiger partial charge in [-0.1, -0.05) is 12.1 Å². The highest BCUT2D eigenvalue weighted by molar-refractivity contribution is 5.74. The van der Waals surface area contributed by atoms with Crippen molar-refractivity contribution in [3.63, 3.8) is 0 Å². The molecule has 0 amide bonds. The van der Waals surface area contributed by atoms with Gasteiger partial charge in [-0.25, -0.2) is 0 Å². The van der Waals surface area contributed by atoms with Gasteiger partial charge in [0.1, 0.15) is 5.75 Å². The lowest BCUT2D eigenvalue weighted by Crippen LogP contribution is -2.07. The smallest absolute Gasteiger partial charge is 0.419 e. The zero-order chi connectivity index (χ0) is 15.6. The maximum absolute atomic E-state index is 12.8. The molecular formula is C15H11F3N2O. The van der Waals surface area contributed by atoms with Gasteiger partial charge in [0.25, 0.3) is 0 Å². The van der Waals surface area contributed by atoms with Gasteiger partial charge in [0.05, 0.1) is 24.3 Å². The van der Waals surface area contributed by atoms with Gasteiger partial charge in [-0.2, -0.15) is 18.4 Å². The number of rotatable bonds is 2. The molecule has 0 aliphatic rings. The van der Waals surface area contributed by atoms with Gasteiger partial charge in [-0.3, -0.25) is 0 Å². The van der Waals surface area contributed by atoms with Crippen molar-refractivity contribution in [2.45, 2.75) is 6.18 Å². The van der Waals surface area contributed by atoms with Crippen molar-refractivity contribution >= 4 is 5.69 Å². The molecule has 0 atom stereocenters. The van der Waals surface area contributed by atoms with Crippen LogP contribution >= 0.6 is 0 Å². The van der Waals surface area contributed by atoms with Crippen LogP contribution in [0, 0.1) is 11.3 Å². The Hall–Kier alpha value is -2.68. The zero-order valence-corrected chi connectivity index (χ0v) is 11.0. The van der Waals surface area contributed by atoms with E-state index in [0.717, 1.165) is 6.07 Å². The summed E-state index contributed by atoms with van der Waals surface area (Å²) in [6.07, 6.45) is -4.50. The zero-order valence-electron chi connectivity index (χ0n) is 11.0. The summed E-state index contributed by atoms with van der Waals surface area (Å²) < 4.78 is 43.3. The van der Waals surface area contributed by atoms with Crippen molar-refractivity contribution in [1.82, 2.24) is 0 Å². The predicted octanol–water partition coefficient (Wildman–Crippen LogP) is 3.83. The lowest BCUT2D eigenvalue weighted by molar-refractivity contribution is -0.138. The lowest BCUT2D eigenvalue weighted by atomic mass is 9.98. The second-order valence-corrected chi connectivity index (χ2v) is 4.33. The van der Waals surface area contributed by atoms with Gasteiger partial charge in [0, 0.05) is 5.69 Å². The molecule has 0 aliphatic carbocycles. The summed E-state index contributed by atoms with van der Waals surface area (Å²) in [5, 5.41) is 9.10. The number of nitrogens with zero attached hydrogens (tertiary/aromatic N) is 1. The van der Waals surface area contributed by atoms with E-state index in [1.54, 1.807) is 12.1 Å². The SMILES string of the molecule is COc1cc(-c2ccc(N)cc2C#N)ccc1C(F)(F)F. The number of alkyl halides is 3. The van der Waals surface area contributed by atoms with E-state index in [4.69, 9.17) is 15.7 Å². The van der Waals surface area contributed by atoms with Gasteiger partial charge in [0.2, 0.25) is 0 Å². The Morgan fingerprint density at radius 1 is 1.14 bits per heavy atom. The molecule has 2 N–H and O–H groups in total. The van der Waals surface area contributed by atoms with E-state index in [1.165, 1.54) is 25.3 Å². The quantitative estimate of drug-likeness (QED) is 0.856. The first kappa shape index (κ1) is 14.7. The number of methoxy groups -OCH3 is 1. The second-order valence-electron chi connectivity index (χ2n) is 4.33. The van der Waals surface area contributed by atoms with Crippen LogP contribution in [0.4, 0.5) is 18.9 Å². The molecule has 108 valence electrons. The number of hydrogen-bond donors (Lipinski definition) is 1. The van der Waals surface area contributed by atoms with E-state index >= 15 is 0 Å². The third-order valence-electron chi connectivity index (χ3n) is 2.98. The second kappa shape index (κ2) is 5.37. The molecular weight excluding hydrogens is 281 g/mol. The molecule has 6 heteroatoms. The molecule has 0 saturated carbocycles. The third-order valence-corrected chi connectivity index (χ3v) is 2.98. The van der Waals surface area contributed by atoms with Crippen LogP contribution in [-0.2, 0) is 6.18 Å². The Bertz CT molecular complexity index is 718. The van der Waals surface area contributed by atoms with Crippen LogP contribution in [0.3, 0.4) is 0 Å². The molecule has 0 aliphatic heterocycles. The standard InChI is InChI=1S/C15H11F3N2O/c1-21-14-7-9(2-5-13(14)15(16,17)18)12-4-3-11(20)6-10(12)8-19/h2-7H,20H2,1H3. The van der Waals surface area contributed by atoms with E-state index in [2.05, 4.69) is 0 Å². The molecule has 0 fully saturated rings. The van der Waals surface area contributed by atoms with E-state index in [0.29, 0.717) is 16.8 Å². The summed E-state index contributed by atoms with van der Waals surface area (Å²) in [5.41, 5.74) is 6.39. The molecule has 0 heterocycles. The molecule has 0 spiro atoms. The first-order valence-corrected chi connectivity index (χ1v) is 5.92. The summed E-state index contributed by atoms with van der Waals surface area (Å²) in [6, 6.07) is 10.1. The van der Waals surface area contributed by atoms with Crippen LogP contribution in [0.5, 0.6) is 5.75 Å². The minimum Gasteiger partial charge on any atom is -0.496 e. The van der Waals surface area contributed by atoms with Gasteiger partial charge in [-0.15, -0.1) is 0 Å². The number of nitrogen functional groups attached to an aromatic ring is 1. The van der Waals surface area contributed by atoms with Gasteiger partial charge >= 0.3 is 6.18 Å². The molecule has 0 bridgehead atoms. The van der Waals surface area contributed by atoms with Crippen molar-refractivity contribution in [3.8, 4) is 22.9 Å². The highest BCUT2D eigenvalue weighted by atomic mass is 19.4. The van der Waals surface area contributed by atoms with Crippen LogP contribution in [0.15, 0.2) is 36.4 Å². The van der Waals surface area contributed by atoms with Crippen LogP contribution in [0.1, 0.15) is 11.1 Å². The molecule has 2 aromatic rings. The molecule has 0 saturated heterocycles.